The molecule has 1 aromatic heterocycles. The maximum Gasteiger partial charge on any atom is 0.422 e. The molecule has 2 rings (SSSR count). The molecule has 0 radical (unpaired) electrons. The van der Waals surface area contributed by atoms with Gasteiger partial charge in [0, 0.05) is 11.5 Å². The van der Waals surface area contributed by atoms with Crippen LogP contribution in [0.3, 0.4) is 0 Å². The summed E-state index contributed by atoms with van der Waals surface area (Å²) in [6, 6.07) is 5.09. The number of alkyl halides is 3. The summed E-state index contributed by atoms with van der Waals surface area (Å²) in [7, 11) is 1.12. The Morgan fingerprint density at radius 1 is 1.33 bits per heavy atom. The summed E-state index contributed by atoms with van der Waals surface area (Å²) in [5, 5.41) is 0.113. The Bertz CT molecular complexity index is 736. The fourth-order valence-corrected chi connectivity index (χ4v) is 1.74. The zero-order valence-corrected chi connectivity index (χ0v) is 10.8. The molecule has 0 aliphatic rings. The largest absolute Gasteiger partial charge is 0.482 e. The maximum atomic E-state index is 12.2. The minimum atomic E-state index is -4.51. The summed E-state index contributed by atoms with van der Waals surface area (Å²) in [5.74, 6) is -0.979. The van der Waals surface area contributed by atoms with Crippen molar-refractivity contribution >= 4 is 16.9 Å². The number of ether oxygens (including phenoxy) is 2. The van der Waals surface area contributed by atoms with Gasteiger partial charge in [0.15, 0.2) is 12.0 Å². The SMILES string of the molecule is COC(=O)c1cc(=O)c2cccc(OCC(F)(F)F)c2[nH]1. The normalized spacial score (nSPS) is 11.4. The van der Waals surface area contributed by atoms with E-state index in [0.29, 0.717) is 0 Å². The van der Waals surface area contributed by atoms with Crippen LogP contribution in [0.2, 0.25) is 0 Å². The van der Waals surface area contributed by atoms with Gasteiger partial charge >= 0.3 is 12.1 Å². The molecule has 0 unspecified atom stereocenters. The van der Waals surface area contributed by atoms with Crippen LogP contribution in [-0.4, -0.2) is 30.8 Å². The van der Waals surface area contributed by atoms with Crippen molar-refractivity contribution in [3.8, 4) is 5.75 Å². The number of benzene rings is 1. The highest BCUT2D eigenvalue weighted by molar-refractivity contribution is 5.92. The van der Waals surface area contributed by atoms with Gasteiger partial charge in [0.2, 0.25) is 0 Å². The van der Waals surface area contributed by atoms with Gasteiger partial charge in [-0.25, -0.2) is 4.79 Å². The molecule has 1 heterocycles. The molecule has 0 atom stereocenters. The van der Waals surface area contributed by atoms with Crippen molar-refractivity contribution in [3.63, 3.8) is 0 Å². The Kier molecular flexibility index (Phi) is 3.88. The zero-order valence-electron chi connectivity index (χ0n) is 10.8. The molecule has 0 spiro atoms. The number of carbonyl (C=O) groups excluding carboxylic acids is 1. The number of halogens is 3. The predicted octanol–water partition coefficient (Wildman–Crippen LogP) is 2.26. The highest BCUT2D eigenvalue weighted by atomic mass is 19.4. The van der Waals surface area contributed by atoms with E-state index in [4.69, 9.17) is 0 Å². The molecular weight excluding hydrogens is 291 g/mol. The van der Waals surface area contributed by atoms with Gasteiger partial charge in [-0.2, -0.15) is 13.2 Å². The molecule has 5 nitrogen and oxygen atoms in total. The molecule has 0 saturated heterocycles. The first-order valence-corrected chi connectivity index (χ1v) is 5.76. The lowest BCUT2D eigenvalue weighted by Gasteiger charge is -2.11. The highest BCUT2D eigenvalue weighted by Crippen LogP contribution is 2.24. The third-order valence-corrected chi connectivity index (χ3v) is 2.62. The van der Waals surface area contributed by atoms with E-state index in [2.05, 4.69) is 14.5 Å². The molecule has 1 N–H and O–H groups in total. The number of fused-ring (bicyclic) bond motifs is 1. The van der Waals surface area contributed by atoms with Crippen LogP contribution >= 0.6 is 0 Å². The van der Waals surface area contributed by atoms with E-state index in [0.717, 1.165) is 13.2 Å². The van der Waals surface area contributed by atoms with Crippen molar-refractivity contribution in [2.24, 2.45) is 0 Å². The highest BCUT2D eigenvalue weighted by Gasteiger charge is 2.28. The van der Waals surface area contributed by atoms with E-state index < -0.39 is 24.2 Å². The predicted molar refractivity (Wildman–Crippen MR) is 67.5 cm³/mol. The number of carbonyl (C=O) groups is 1. The van der Waals surface area contributed by atoms with Crippen LogP contribution in [0.15, 0.2) is 29.1 Å². The number of methoxy groups -OCH3 is 1. The van der Waals surface area contributed by atoms with Crippen LogP contribution < -0.4 is 10.2 Å². The number of rotatable bonds is 3. The van der Waals surface area contributed by atoms with Crippen LogP contribution in [0.4, 0.5) is 13.2 Å². The molecule has 0 bridgehead atoms. The summed E-state index contributed by atoms with van der Waals surface area (Å²) in [6.45, 7) is -1.50. The topological polar surface area (TPSA) is 68.4 Å². The van der Waals surface area contributed by atoms with E-state index in [-0.39, 0.29) is 22.3 Å². The van der Waals surface area contributed by atoms with Gasteiger partial charge in [-0.15, -0.1) is 0 Å². The average molecular weight is 301 g/mol. The van der Waals surface area contributed by atoms with Crippen molar-refractivity contribution in [1.82, 2.24) is 4.98 Å². The van der Waals surface area contributed by atoms with Gasteiger partial charge in [-0.05, 0) is 12.1 Å². The first-order chi connectivity index (χ1) is 9.81. The van der Waals surface area contributed by atoms with Gasteiger partial charge < -0.3 is 14.5 Å². The van der Waals surface area contributed by atoms with Gasteiger partial charge in [-0.1, -0.05) is 6.07 Å². The number of H-pyrrole nitrogens is 1. The van der Waals surface area contributed by atoms with Gasteiger partial charge in [0.1, 0.15) is 11.4 Å². The lowest BCUT2D eigenvalue weighted by Crippen LogP contribution is -2.20. The maximum absolute atomic E-state index is 12.2. The van der Waals surface area contributed by atoms with E-state index >= 15 is 0 Å². The first-order valence-electron chi connectivity index (χ1n) is 5.76. The number of aromatic nitrogens is 1. The summed E-state index contributed by atoms with van der Waals surface area (Å²) < 4.78 is 45.8. The van der Waals surface area contributed by atoms with Crippen molar-refractivity contribution in [2.45, 2.75) is 6.18 Å². The van der Waals surface area contributed by atoms with Crippen molar-refractivity contribution in [2.75, 3.05) is 13.7 Å². The van der Waals surface area contributed by atoms with Crippen LogP contribution in [0, 0.1) is 0 Å². The molecule has 112 valence electrons. The third kappa shape index (κ3) is 3.33. The molecule has 1 aromatic carbocycles. The number of aromatic amines is 1. The van der Waals surface area contributed by atoms with Gasteiger partial charge in [-0.3, -0.25) is 4.79 Å². The lowest BCUT2D eigenvalue weighted by molar-refractivity contribution is -0.153. The summed E-state index contributed by atoms with van der Waals surface area (Å²) >= 11 is 0. The second-order valence-corrected chi connectivity index (χ2v) is 4.12. The average Bonchev–Trinajstić information content (AvgIpc) is 2.43. The molecular formula is C13H10F3NO4. The Balaban J connectivity index is 2.53. The molecule has 0 amide bonds. The Morgan fingerprint density at radius 2 is 2.05 bits per heavy atom. The van der Waals surface area contributed by atoms with Crippen molar-refractivity contribution in [3.05, 3.63) is 40.2 Å². The number of esters is 1. The number of para-hydroxylation sites is 1. The van der Waals surface area contributed by atoms with Gasteiger partial charge in [0.05, 0.1) is 12.6 Å². The number of nitrogens with one attached hydrogen (secondary N) is 1. The zero-order chi connectivity index (χ0) is 15.6. The Hall–Kier alpha value is -2.51. The number of pyridine rings is 1. The fourth-order valence-electron chi connectivity index (χ4n) is 1.74. The Morgan fingerprint density at radius 3 is 2.67 bits per heavy atom. The smallest absolute Gasteiger partial charge is 0.422 e. The van der Waals surface area contributed by atoms with Crippen LogP contribution in [0.1, 0.15) is 10.5 Å². The monoisotopic (exact) mass is 301 g/mol. The minimum absolute atomic E-state index is 0.00894. The van der Waals surface area contributed by atoms with E-state index in [9.17, 15) is 22.8 Å². The Labute approximate surface area is 116 Å². The summed E-state index contributed by atoms with van der Waals surface area (Å²) in [6.07, 6.45) is -4.51. The fraction of sp³-hybridized carbons (Fsp3) is 0.231. The summed E-state index contributed by atoms with van der Waals surface area (Å²) in [4.78, 5) is 25.8. The first kappa shape index (κ1) is 14.9. The van der Waals surface area contributed by atoms with Crippen molar-refractivity contribution < 1.29 is 27.4 Å². The quantitative estimate of drug-likeness (QED) is 0.883. The number of hydrogen-bond donors (Lipinski definition) is 1. The second kappa shape index (κ2) is 5.47. The molecule has 0 aliphatic carbocycles. The number of hydrogen-bond acceptors (Lipinski definition) is 4. The van der Waals surface area contributed by atoms with E-state index in [1.165, 1.54) is 18.2 Å². The van der Waals surface area contributed by atoms with Crippen LogP contribution in [-0.2, 0) is 4.74 Å². The second-order valence-electron chi connectivity index (χ2n) is 4.12. The summed E-state index contributed by atoms with van der Waals surface area (Å²) in [5.41, 5.74) is -0.686. The molecule has 8 heteroatoms. The standard InChI is InChI=1S/C13H10F3NO4/c1-20-12(19)8-5-9(18)7-3-2-4-10(11(7)17-8)21-6-13(14,15)16/h2-5H,6H2,1H3,(H,17,18). The van der Waals surface area contributed by atoms with Gasteiger partial charge in [0.25, 0.3) is 0 Å². The third-order valence-electron chi connectivity index (χ3n) is 2.62. The molecule has 0 fully saturated rings. The molecule has 0 aliphatic heterocycles. The van der Waals surface area contributed by atoms with E-state index in [1.54, 1.807) is 0 Å². The minimum Gasteiger partial charge on any atom is -0.482 e. The van der Waals surface area contributed by atoms with E-state index in [1.807, 2.05) is 0 Å². The van der Waals surface area contributed by atoms with Crippen molar-refractivity contribution in [1.29, 1.82) is 0 Å². The molecule has 0 saturated carbocycles. The molecule has 21 heavy (non-hydrogen) atoms. The lowest BCUT2D eigenvalue weighted by atomic mass is 10.2. The van der Waals surface area contributed by atoms with Crippen LogP contribution in [0.5, 0.6) is 5.75 Å². The molecule has 2 aromatic rings. The van der Waals surface area contributed by atoms with Crippen LogP contribution in [0.25, 0.3) is 10.9 Å².